The van der Waals surface area contributed by atoms with E-state index >= 15 is 0 Å². The molecule has 0 radical (unpaired) electrons. The summed E-state index contributed by atoms with van der Waals surface area (Å²) in [5.74, 6) is 0. The number of nitrogen functional groups attached to an aromatic ring is 1. The van der Waals surface area contributed by atoms with Gasteiger partial charge in [-0.05, 0) is 25.0 Å². The molecule has 5 heteroatoms. The van der Waals surface area contributed by atoms with Crippen molar-refractivity contribution in [3.8, 4) is 0 Å². The molecule has 2 N–H and O–H groups in total. The second-order valence-corrected chi connectivity index (χ2v) is 4.40. The summed E-state index contributed by atoms with van der Waals surface area (Å²) in [6.07, 6.45) is 4.88. The normalized spacial score (nSPS) is 16.6. The van der Waals surface area contributed by atoms with E-state index in [1.807, 2.05) is 0 Å². The van der Waals surface area contributed by atoms with Crippen LogP contribution in [0.25, 0.3) is 0 Å². The highest BCUT2D eigenvalue weighted by Crippen LogP contribution is 2.28. The van der Waals surface area contributed by atoms with E-state index in [4.69, 9.17) is 5.73 Å². The first-order valence-corrected chi connectivity index (χ1v) is 5.97. The van der Waals surface area contributed by atoms with E-state index in [1.54, 1.807) is 12.1 Å². The van der Waals surface area contributed by atoms with E-state index in [1.165, 1.54) is 31.7 Å². The van der Waals surface area contributed by atoms with E-state index in [2.05, 4.69) is 4.90 Å². The number of benzene rings is 1. The topological polar surface area (TPSA) is 72.4 Å². The fourth-order valence-electron chi connectivity index (χ4n) is 2.23. The Kier molecular flexibility index (Phi) is 3.46. The molecule has 1 heterocycles. The van der Waals surface area contributed by atoms with Crippen LogP contribution in [-0.4, -0.2) is 18.0 Å². The van der Waals surface area contributed by atoms with E-state index in [-0.39, 0.29) is 11.4 Å². The van der Waals surface area contributed by atoms with Crippen LogP contribution >= 0.6 is 0 Å². The molecule has 0 spiro atoms. The van der Waals surface area contributed by atoms with Crippen molar-refractivity contribution in [3.63, 3.8) is 0 Å². The molecule has 92 valence electrons. The molecule has 1 aliphatic heterocycles. The minimum Gasteiger partial charge on any atom is -0.393 e. The molecular weight excluding hydrogens is 218 g/mol. The Morgan fingerprint density at radius 1 is 1.18 bits per heavy atom. The maximum Gasteiger partial charge on any atom is 0.292 e. The lowest BCUT2D eigenvalue weighted by atomic mass is 10.2. The average Bonchev–Trinajstić information content (AvgIpc) is 2.56. The standard InChI is InChI=1S/C12H17N3O2/c13-11-9-10(5-6-12(11)15(16)17)14-7-3-1-2-4-8-14/h5-6,9H,1-4,7-8,13H2. The van der Waals surface area contributed by atoms with Gasteiger partial charge in [-0.2, -0.15) is 0 Å². The van der Waals surface area contributed by atoms with E-state index < -0.39 is 4.92 Å². The molecule has 17 heavy (non-hydrogen) atoms. The number of hydrogen-bond donors (Lipinski definition) is 1. The maximum atomic E-state index is 10.7. The summed E-state index contributed by atoms with van der Waals surface area (Å²) in [4.78, 5) is 12.5. The van der Waals surface area contributed by atoms with Crippen LogP contribution in [0.3, 0.4) is 0 Å². The highest BCUT2D eigenvalue weighted by Gasteiger charge is 2.15. The van der Waals surface area contributed by atoms with Crippen LogP contribution in [0.5, 0.6) is 0 Å². The SMILES string of the molecule is Nc1cc(N2CCCCCC2)ccc1[N+](=O)[O-]. The number of nitrogens with two attached hydrogens (primary N) is 1. The van der Waals surface area contributed by atoms with Crippen LogP contribution in [-0.2, 0) is 0 Å². The van der Waals surface area contributed by atoms with E-state index in [0.29, 0.717) is 0 Å². The lowest BCUT2D eigenvalue weighted by molar-refractivity contribution is -0.383. The Morgan fingerprint density at radius 3 is 2.35 bits per heavy atom. The zero-order valence-electron chi connectivity index (χ0n) is 9.76. The smallest absolute Gasteiger partial charge is 0.292 e. The first-order valence-electron chi connectivity index (χ1n) is 5.97. The highest BCUT2D eigenvalue weighted by molar-refractivity contribution is 5.66. The minimum atomic E-state index is -0.443. The summed E-state index contributed by atoms with van der Waals surface area (Å²) >= 11 is 0. The van der Waals surface area contributed by atoms with Gasteiger partial charge in [0.15, 0.2) is 0 Å². The van der Waals surface area contributed by atoms with Gasteiger partial charge in [0.25, 0.3) is 5.69 Å². The molecule has 0 saturated carbocycles. The van der Waals surface area contributed by atoms with Gasteiger partial charge < -0.3 is 10.6 Å². The number of nitro groups is 1. The van der Waals surface area contributed by atoms with Crippen molar-refractivity contribution >= 4 is 17.1 Å². The summed E-state index contributed by atoms with van der Waals surface area (Å²) in [6, 6.07) is 5.00. The van der Waals surface area contributed by atoms with Crippen molar-refractivity contribution in [2.24, 2.45) is 0 Å². The summed E-state index contributed by atoms with van der Waals surface area (Å²) in [5.41, 5.74) is 6.93. The summed E-state index contributed by atoms with van der Waals surface area (Å²) in [6.45, 7) is 2.02. The Hall–Kier alpha value is -1.78. The second kappa shape index (κ2) is 5.03. The molecule has 0 aliphatic carbocycles. The minimum absolute atomic E-state index is 0.0106. The van der Waals surface area contributed by atoms with Gasteiger partial charge in [-0.15, -0.1) is 0 Å². The van der Waals surface area contributed by atoms with Crippen LogP contribution in [0.1, 0.15) is 25.7 Å². The lowest BCUT2D eigenvalue weighted by Crippen LogP contribution is -2.23. The van der Waals surface area contributed by atoms with Crippen molar-refractivity contribution in [2.45, 2.75) is 25.7 Å². The molecule has 1 aliphatic rings. The predicted molar refractivity (Wildman–Crippen MR) is 68.2 cm³/mol. The molecule has 0 amide bonds. The van der Waals surface area contributed by atoms with Crippen molar-refractivity contribution in [3.05, 3.63) is 28.3 Å². The van der Waals surface area contributed by atoms with Gasteiger partial charge in [0.2, 0.25) is 0 Å². The third-order valence-corrected chi connectivity index (χ3v) is 3.18. The Morgan fingerprint density at radius 2 is 1.82 bits per heavy atom. The molecule has 0 atom stereocenters. The largest absolute Gasteiger partial charge is 0.393 e. The van der Waals surface area contributed by atoms with E-state index in [9.17, 15) is 10.1 Å². The molecule has 0 unspecified atom stereocenters. The summed E-state index contributed by atoms with van der Waals surface area (Å²) in [5, 5.41) is 10.7. The third kappa shape index (κ3) is 2.67. The zero-order chi connectivity index (χ0) is 12.3. The number of nitro benzene ring substituents is 1. The first-order chi connectivity index (χ1) is 8.18. The zero-order valence-corrected chi connectivity index (χ0v) is 9.76. The molecule has 1 aromatic carbocycles. The van der Waals surface area contributed by atoms with Crippen LogP contribution in [0, 0.1) is 10.1 Å². The molecule has 1 saturated heterocycles. The van der Waals surface area contributed by atoms with Gasteiger partial charge in [-0.3, -0.25) is 10.1 Å². The molecule has 1 aromatic rings. The summed E-state index contributed by atoms with van der Waals surface area (Å²) in [7, 11) is 0. The molecule has 1 fully saturated rings. The van der Waals surface area contributed by atoms with Gasteiger partial charge in [0.05, 0.1) is 4.92 Å². The van der Waals surface area contributed by atoms with Gasteiger partial charge in [0, 0.05) is 24.8 Å². The van der Waals surface area contributed by atoms with Crippen molar-refractivity contribution in [2.75, 3.05) is 23.7 Å². The van der Waals surface area contributed by atoms with Crippen molar-refractivity contribution < 1.29 is 4.92 Å². The molecule has 5 nitrogen and oxygen atoms in total. The Bertz CT molecular complexity index is 412. The quantitative estimate of drug-likeness (QED) is 0.485. The first kappa shape index (κ1) is 11.7. The monoisotopic (exact) mass is 235 g/mol. The maximum absolute atomic E-state index is 10.7. The highest BCUT2D eigenvalue weighted by atomic mass is 16.6. The Labute approximate surface area is 100 Å². The number of anilines is 2. The average molecular weight is 235 g/mol. The van der Waals surface area contributed by atoms with Crippen molar-refractivity contribution in [1.29, 1.82) is 0 Å². The Balaban J connectivity index is 2.21. The lowest BCUT2D eigenvalue weighted by Gasteiger charge is -2.22. The number of hydrogen-bond acceptors (Lipinski definition) is 4. The molecule has 0 aromatic heterocycles. The fourth-order valence-corrected chi connectivity index (χ4v) is 2.23. The second-order valence-electron chi connectivity index (χ2n) is 4.40. The van der Waals surface area contributed by atoms with Crippen molar-refractivity contribution in [1.82, 2.24) is 0 Å². The van der Waals surface area contributed by atoms with Crippen LogP contribution in [0.15, 0.2) is 18.2 Å². The summed E-state index contributed by atoms with van der Waals surface area (Å²) < 4.78 is 0. The molecular formula is C12H17N3O2. The van der Waals surface area contributed by atoms with Gasteiger partial charge in [-0.1, -0.05) is 12.8 Å². The molecule has 2 rings (SSSR count). The van der Waals surface area contributed by atoms with Gasteiger partial charge >= 0.3 is 0 Å². The van der Waals surface area contributed by atoms with Crippen LogP contribution in [0.2, 0.25) is 0 Å². The third-order valence-electron chi connectivity index (χ3n) is 3.18. The molecule has 0 bridgehead atoms. The van der Waals surface area contributed by atoms with E-state index in [0.717, 1.165) is 18.8 Å². The van der Waals surface area contributed by atoms with Gasteiger partial charge in [-0.25, -0.2) is 0 Å². The predicted octanol–water partition coefficient (Wildman–Crippen LogP) is 2.56. The number of rotatable bonds is 2. The van der Waals surface area contributed by atoms with Crippen LogP contribution in [0.4, 0.5) is 17.1 Å². The van der Waals surface area contributed by atoms with Gasteiger partial charge in [0.1, 0.15) is 5.69 Å². The fraction of sp³-hybridized carbons (Fsp3) is 0.500. The van der Waals surface area contributed by atoms with Crippen LogP contribution < -0.4 is 10.6 Å². The number of nitrogens with zero attached hydrogens (tertiary/aromatic N) is 2.